The summed E-state index contributed by atoms with van der Waals surface area (Å²) < 4.78 is 5.19. The van der Waals surface area contributed by atoms with Crippen LogP contribution in [0.5, 0.6) is 5.75 Å². The molecule has 2 N–H and O–H groups in total. The summed E-state index contributed by atoms with van der Waals surface area (Å²) in [5, 5.41) is 13.2. The normalized spacial score (nSPS) is 21.1. The highest BCUT2D eigenvalue weighted by molar-refractivity contribution is 5.95. The van der Waals surface area contributed by atoms with E-state index < -0.39 is 0 Å². The topological polar surface area (TPSA) is 71.5 Å². The Bertz CT molecular complexity index is 694. The van der Waals surface area contributed by atoms with Gasteiger partial charge in [0.05, 0.1) is 12.6 Å². The first kappa shape index (κ1) is 15.7. The number of methoxy groups -OCH3 is 1. The van der Waals surface area contributed by atoms with Crippen molar-refractivity contribution < 1.29 is 14.6 Å². The molecular weight excluding hydrogens is 292 g/mol. The summed E-state index contributed by atoms with van der Waals surface area (Å²) in [6.07, 6.45) is 3.77. The van der Waals surface area contributed by atoms with Crippen LogP contribution in [0.25, 0.3) is 10.9 Å². The van der Waals surface area contributed by atoms with Crippen molar-refractivity contribution in [1.29, 1.82) is 0 Å². The van der Waals surface area contributed by atoms with Gasteiger partial charge in [-0.2, -0.15) is 0 Å². The number of pyridine rings is 1. The maximum Gasteiger partial charge on any atom is 0.270 e. The Morgan fingerprint density at radius 1 is 1.26 bits per heavy atom. The largest absolute Gasteiger partial charge is 0.497 e. The molecule has 0 aliphatic heterocycles. The second-order valence-corrected chi connectivity index (χ2v) is 6.13. The molecule has 0 spiro atoms. The molecular formula is C18H22N2O3. The van der Waals surface area contributed by atoms with E-state index in [0.29, 0.717) is 11.6 Å². The molecule has 23 heavy (non-hydrogen) atoms. The lowest BCUT2D eigenvalue weighted by Gasteiger charge is -2.27. The van der Waals surface area contributed by atoms with Gasteiger partial charge in [0.15, 0.2) is 0 Å². The number of carbonyl (C=O) groups is 1. The first-order valence-electron chi connectivity index (χ1n) is 8.06. The molecule has 5 heteroatoms. The van der Waals surface area contributed by atoms with Crippen molar-refractivity contribution in [2.45, 2.75) is 31.7 Å². The van der Waals surface area contributed by atoms with Crippen LogP contribution in [0.3, 0.4) is 0 Å². The Balaban J connectivity index is 1.69. The van der Waals surface area contributed by atoms with Gasteiger partial charge in [0.1, 0.15) is 11.4 Å². The first-order valence-corrected chi connectivity index (χ1v) is 8.06. The molecule has 1 saturated carbocycles. The number of nitrogens with zero attached hydrogens (tertiary/aromatic N) is 1. The molecule has 1 fully saturated rings. The van der Waals surface area contributed by atoms with Gasteiger partial charge in [0.2, 0.25) is 0 Å². The molecule has 1 amide bonds. The highest BCUT2D eigenvalue weighted by Crippen LogP contribution is 2.24. The van der Waals surface area contributed by atoms with Crippen LogP contribution in [0.1, 0.15) is 36.2 Å². The van der Waals surface area contributed by atoms with Gasteiger partial charge in [-0.25, -0.2) is 4.98 Å². The molecule has 0 unspecified atom stereocenters. The average molecular weight is 314 g/mol. The molecule has 0 saturated heterocycles. The molecule has 1 heterocycles. The van der Waals surface area contributed by atoms with Gasteiger partial charge in [0, 0.05) is 18.0 Å². The first-order chi connectivity index (χ1) is 11.2. The van der Waals surface area contributed by atoms with Crippen molar-refractivity contribution in [2.24, 2.45) is 5.92 Å². The van der Waals surface area contributed by atoms with Crippen LogP contribution < -0.4 is 10.1 Å². The van der Waals surface area contributed by atoms with E-state index in [1.54, 1.807) is 13.2 Å². The number of carbonyl (C=O) groups excluding carboxylic acids is 1. The standard InChI is InChI=1S/C18H22N2O3/c1-23-15-7-9-16-13(10-15)4-8-17(20-16)18(22)19-14-5-2-12(11-21)3-6-14/h4,7-10,12,14,21H,2-3,5-6,11H2,1H3,(H,19,22). The monoisotopic (exact) mass is 314 g/mol. The summed E-state index contributed by atoms with van der Waals surface area (Å²) in [6.45, 7) is 0.246. The molecule has 1 aliphatic rings. The van der Waals surface area contributed by atoms with Crippen molar-refractivity contribution in [2.75, 3.05) is 13.7 Å². The molecule has 0 atom stereocenters. The molecule has 2 aromatic rings. The molecule has 5 nitrogen and oxygen atoms in total. The summed E-state index contributed by atoms with van der Waals surface area (Å²) >= 11 is 0. The Morgan fingerprint density at radius 3 is 2.74 bits per heavy atom. The molecule has 0 bridgehead atoms. The van der Waals surface area contributed by atoms with Crippen LogP contribution in [0.15, 0.2) is 30.3 Å². The highest BCUT2D eigenvalue weighted by atomic mass is 16.5. The van der Waals surface area contributed by atoms with E-state index in [1.165, 1.54) is 0 Å². The minimum absolute atomic E-state index is 0.129. The highest BCUT2D eigenvalue weighted by Gasteiger charge is 2.22. The zero-order valence-electron chi connectivity index (χ0n) is 13.3. The van der Waals surface area contributed by atoms with E-state index in [0.717, 1.165) is 42.3 Å². The fourth-order valence-corrected chi connectivity index (χ4v) is 3.11. The molecule has 1 aromatic heterocycles. The van der Waals surface area contributed by atoms with Crippen LogP contribution in [0.4, 0.5) is 0 Å². The third kappa shape index (κ3) is 3.62. The number of benzene rings is 1. The van der Waals surface area contributed by atoms with Gasteiger partial charge < -0.3 is 15.2 Å². The zero-order valence-corrected chi connectivity index (χ0v) is 13.3. The lowest BCUT2D eigenvalue weighted by Crippen LogP contribution is -2.38. The summed E-state index contributed by atoms with van der Waals surface area (Å²) in [6, 6.07) is 9.42. The van der Waals surface area contributed by atoms with E-state index in [1.807, 2.05) is 24.3 Å². The second-order valence-electron chi connectivity index (χ2n) is 6.13. The number of aliphatic hydroxyl groups is 1. The van der Waals surface area contributed by atoms with Crippen molar-refractivity contribution in [3.63, 3.8) is 0 Å². The Kier molecular flexibility index (Phi) is 4.76. The number of rotatable bonds is 4. The van der Waals surface area contributed by atoms with Gasteiger partial charge in [0.25, 0.3) is 5.91 Å². The van der Waals surface area contributed by atoms with E-state index in [-0.39, 0.29) is 18.6 Å². The summed E-state index contributed by atoms with van der Waals surface area (Å²) in [4.78, 5) is 16.8. The van der Waals surface area contributed by atoms with Crippen molar-refractivity contribution in [3.8, 4) is 5.75 Å². The number of aliphatic hydroxyl groups excluding tert-OH is 1. The number of ether oxygens (including phenoxy) is 1. The lowest BCUT2D eigenvalue weighted by atomic mass is 9.86. The lowest BCUT2D eigenvalue weighted by molar-refractivity contribution is 0.0909. The van der Waals surface area contributed by atoms with E-state index in [4.69, 9.17) is 9.84 Å². The van der Waals surface area contributed by atoms with Crippen molar-refractivity contribution in [1.82, 2.24) is 10.3 Å². The fourth-order valence-electron chi connectivity index (χ4n) is 3.11. The van der Waals surface area contributed by atoms with E-state index in [2.05, 4.69) is 10.3 Å². The molecule has 1 aliphatic carbocycles. The number of fused-ring (bicyclic) bond motifs is 1. The maximum absolute atomic E-state index is 12.4. The van der Waals surface area contributed by atoms with Gasteiger partial charge in [-0.3, -0.25) is 4.79 Å². The minimum atomic E-state index is -0.129. The number of hydrogen-bond acceptors (Lipinski definition) is 4. The third-order valence-electron chi connectivity index (χ3n) is 4.57. The third-order valence-corrected chi connectivity index (χ3v) is 4.57. The zero-order chi connectivity index (χ0) is 16.2. The number of aromatic nitrogens is 1. The van der Waals surface area contributed by atoms with E-state index >= 15 is 0 Å². The van der Waals surface area contributed by atoms with E-state index in [9.17, 15) is 4.79 Å². The van der Waals surface area contributed by atoms with Crippen LogP contribution >= 0.6 is 0 Å². The Labute approximate surface area is 135 Å². The Morgan fingerprint density at radius 2 is 2.04 bits per heavy atom. The smallest absolute Gasteiger partial charge is 0.270 e. The van der Waals surface area contributed by atoms with Gasteiger partial charge >= 0.3 is 0 Å². The molecule has 1 aromatic carbocycles. The average Bonchev–Trinajstić information content (AvgIpc) is 2.61. The van der Waals surface area contributed by atoms with Gasteiger partial charge in [-0.1, -0.05) is 6.07 Å². The Hall–Kier alpha value is -2.14. The molecule has 3 rings (SSSR count). The van der Waals surface area contributed by atoms with Crippen molar-refractivity contribution >= 4 is 16.8 Å². The molecule has 0 radical (unpaired) electrons. The fraction of sp³-hybridized carbons (Fsp3) is 0.444. The maximum atomic E-state index is 12.4. The van der Waals surface area contributed by atoms with Crippen LogP contribution in [-0.4, -0.2) is 35.8 Å². The SMILES string of the molecule is COc1ccc2nc(C(=O)NC3CCC(CO)CC3)ccc2c1. The number of amides is 1. The summed E-state index contributed by atoms with van der Waals surface area (Å²) in [5.74, 6) is 1.03. The van der Waals surface area contributed by atoms with Crippen molar-refractivity contribution in [3.05, 3.63) is 36.0 Å². The van der Waals surface area contributed by atoms with Gasteiger partial charge in [-0.05, 0) is 55.9 Å². The van der Waals surface area contributed by atoms with Gasteiger partial charge in [-0.15, -0.1) is 0 Å². The van der Waals surface area contributed by atoms with Crippen LogP contribution in [-0.2, 0) is 0 Å². The van der Waals surface area contributed by atoms with Crippen LogP contribution in [0, 0.1) is 5.92 Å². The molecule has 122 valence electrons. The second kappa shape index (κ2) is 6.96. The summed E-state index contributed by atoms with van der Waals surface area (Å²) in [7, 11) is 1.63. The van der Waals surface area contributed by atoms with Crippen LogP contribution in [0.2, 0.25) is 0 Å². The predicted octanol–water partition coefficient (Wildman–Crippen LogP) is 2.52. The quantitative estimate of drug-likeness (QED) is 0.909. The summed E-state index contributed by atoms with van der Waals surface area (Å²) in [5.41, 5.74) is 1.22. The number of nitrogens with one attached hydrogen (secondary N) is 1. The predicted molar refractivity (Wildman–Crippen MR) is 88.6 cm³/mol. The minimum Gasteiger partial charge on any atom is -0.497 e. The number of hydrogen-bond donors (Lipinski definition) is 2.